The quantitative estimate of drug-likeness (QED) is 0.855. The molecule has 1 aliphatic heterocycles. The highest BCUT2D eigenvalue weighted by Crippen LogP contribution is 2.25. The summed E-state index contributed by atoms with van der Waals surface area (Å²) in [4.78, 5) is 10.2. The van der Waals surface area contributed by atoms with Crippen LogP contribution in [0.3, 0.4) is 0 Å². The molecule has 0 bridgehead atoms. The molecule has 0 amide bonds. The number of aromatic amines is 1. The van der Waals surface area contributed by atoms with Crippen LogP contribution in [0.4, 0.5) is 0 Å². The van der Waals surface area contributed by atoms with Crippen LogP contribution in [0.25, 0.3) is 0 Å². The van der Waals surface area contributed by atoms with E-state index >= 15 is 0 Å². The maximum absolute atomic E-state index is 4.45. The Kier molecular flexibility index (Phi) is 3.39. The number of benzene rings is 1. The first-order chi connectivity index (χ1) is 8.95. The van der Waals surface area contributed by atoms with E-state index in [2.05, 4.69) is 50.5 Å². The summed E-state index contributed by atoms with van der Waals surface area (Å²) in [5, 5.41) is 3.39. The van der Waals surface area contributed by atoms with Crippen molar-refractivity contribution in [3.05, 3.63) is 54.1 Å². The van der Waals surface area contributed by atoms with Gasteiger partial charge in [-0.15, -0.1) is 0 Å². The van der Waals surface area contributed by atoms with Gasteiger partial charge in [0.15, 0.2) is 0 Å². The summed E-state index contributed by atoms with van der Waals surface area (Å²) in [6.07, 6.45) is 3.72. The molecule has 1 aromatic carbocycles. The van der Waals surface area contributed by atoms with Crippen LogP contribution in [0.5, 0.6) is 0 Å². The maximum Gasteiger partial charge on any atom is 0.128 e. The number of hydrogen-bond acceptors (Lipinski definition) is 3. The zero-order valence-corrected chi connectivity index (χ0v) is 10.3. The minimum absolute atomic E-state index is 0.239. The molecule has 2 heterocycles. The molecule has 2 N–H and O–H groups in total. The average Bonchev–Trinajstić information content (AvgIpc) is 2.95. The molecule has 1 unspecified atom stereocenters. The van der Waals surface area contributed by atoms with Gasteiger partial charge < -0.3 is 10.3 Å². The monoisotopic (exact) mass is 242 g/mol. The van der Waals surface area contributed by atoms with E-state index in [1.807, 2.05) is 12.4 Å². The number of piperazine rings is 1. The topological polar surface area (TPSA) is 44.0 Å². The zero-order chi connectivity index (χ0) is 12.2. The third-order valence-corrected chi connectivity index (χ3v) is 3.41. The van der Waals surface area contributed by atoms with E-state index in [-0.39, 0.29) is 6.04 Å². The first-order valence-corrected chi connectivity index (χ1v) is 6.44. The summed E-state index contributed by atoms with van der Waals surface area (Å²) in [7, 11) is 0. The number of hydrogen-bond donors (Lipinski definition) is 2. The van der Waals surface area contributed by atoms with E-state index < -0.39 is 0 Å². The normalized spacial score (nSPS) is 18.7. The summed E-state index contributed by atoms with van der Waals surface area (Å²) < 4.78 is 0. The van der Waals surface area contributed by atoms with Crippen LogP contribution in [0.2, 0.25) is 0 Å². The number of nitrogens with zero attached hydrogens (tertiary/aromatic N) is 2. The number of nitrogens with one attached hydrogen (secondary N) is 2. The van der Waals surface area contributed by atoms with Gasteiger partial charge in [-0.2, -0.15) is 0 Å². The van der Waals surface area contributed by atoms with Crippen LogP contribution >= 0.6 is 0 Å². The van der Waals surface area contributed by atoms with Gasteiger partial charge in [0.1, 0.15) is 5.82 Å². The molecular weight excluding hydrogens is 224 g/mol. The van der Waals surface area contributed by atoms with Crippen LogP contribution in [-0.2, 0) is 0 Å². The summed E-state index contributed by atoms with van der Waals surface area (Å²) in [5.74, 6) is 1.03. The third-order valence-electron chi connectivity index (χ3n) is 3.41. The Morgan fingerprint density at radius 1 is 1.11 bits per heavy atom. The predicted molar refractivity (Wildman–Crippen MR) is 71.3 cm³/mol. The Balaban J connectivity index is 1.93. The molecule has 1 fully saturated rings. The summed E-state index contributed by atoms with van der Waals surface area (Å²) in [6, 6.07) is 10.8. The van der Waals surface area contributed by atoms with Gasteiger partial charge in [0.2, 0.25) is 0 Å². The second kappa shape index (κ2) is 5.33. The lowest BCUT2D eigenvalue weighted by Gasteiger charge is -2.34. The Labute approximate surface area is 107 Å². The highest BCUT2D eigenvalue weighted by atomic mass is 15.2. The van der Waals surface area contributed by atoms with Crippen molar-refractivity contribution in [1.29, 1.82) is 0 Å². The fraction of sp³-hybridized carbons (Fsp3) is 0.357. The zero-order valence-electron chi connectivity index (χ0n) is 10.3. The number of rotatable bonds is 3. The molecule has 4 nitrogen and oxygen atoms in total. The van der Waals surface area contributed by atoms with E-state index in [1.54, 1.807) is 0 Å². The third kappa shape index (κ3) is 2.30. The molecule has 18 heavy (non-hydrogen) atoms. The van der Waals surface area contributed by atoms with Gasteiger partial charge in [-0.1, -0.05) is 30.3 Å². The minimum Gasteiger partial charge on any atom is -0.347 e. The SMILES string of the molecule is c1ccc(C(c2ncc[nH]2)N2CCNCC2)cc1. The fourth-order valence-electron chi connectivity index (χ4n) is 2.54. The van der Waals surface area contributed by atoms with Crippen LogP contribution in [-0.4, -0.2) is 41.0 Å². The molecule has 94 valence electrons. The van der Waals surface area contributed by atoms with E-state index in [0.29, 0.717) is 0 Å². The van der Waals surface area contributed by atoms with Crippen LogP contribution in [0.1, 0.15) is 17.4 Å². The predicted octanol–water partition coefficient (Wildman–Crippen LogP) is 1.40. The molecular formula is C14H18N4. The molecule has 0 spiro atoms. The van der Waals surface area contributed by atoms with E-state index in [9.17, 15) is 0 Å². The van der Waals surface area contributed by atoms with Gasteiger partial charge in [-0.3, -0.25) is 4.90 Å². The van der Waals surface area contributed by atoms with Crippen molar-refractivity contribution in [1.82, 2.24) is 20.2 Å². The van der Waals surface area contributed by atoms with Crippen LogP contribution < -0.4 is 5.32 Å². The van der Waals surface area contributed by atoms with Gasteiger partial charge in [0, 0.05) is 38.6 Å². The smallest absolute Gasteiger partial charge is 0.128 e. The van der Waals surface area contributed by atoms with Crippen molar-refractivity contribution in [2.75, 3.05) is 26.2 Å². The molecule has 1 saturated heterocycles. The molecule has 0 aliphatic carbocycles. The number of H-pyrrole nitrogens is 1. The van der Waals surface area contributed by atoms with Crippen molar-refractivity contribution in [3.8, 4) is 0 Å². The minimum atomic E-state index is 0.239. The van der Waals surface area contributed by atoms with Gasteiger partial charge in [-0.25, -0.2) is 4.98 Å². The number of aromatic nitrogens is 2. The Hall–Kier alpha value is -1.65. The lowest BCUT2D eigenvalue weighted by atomic mass is 10.0. The maximum atomic E-state index is 4.45. The fourth-order valence-corrected chi connectivity index (χ4v) is 2.54. The van der Waals surface area contributed by atoms with Crippen molar-refractivity contribution in [3.63, 3.8) is 0 Å². The molecule has 2 aromatic rings. The lowest BCUT2D eigenvalue weighted by molar-refractivity contribution is 0.193. The molecule has 1 aromatic heterocycles. The van der Waals surface area contributed by atoms with Gasteiger partial charge in [0.25, 0.3) is 0 Å². The molecule has 4 heteroatoms. The highest BCUT2D eigenvalue weighted by Gasteiger charge is 2.25. The Bertz CT molecular complexity index is 460. The summed E-state index contributed by atoms with van der Waals surface area (Å²) in [5.41, 5.74) is 1.30. The van der Waals surface area contributed by atoms with Crippen molar-refractivity contribution in [2.45, 2.75) is 6.04 Å². The average molecular weight is 242 g/mol. The number of imidazole rings is 1. The first-order valence-electron chi connectivity index (χ1n) is 6.44. The van der Waals surface area contributed by atoms with Crippen LogP contribution in [0, 0.1) is 0 Å². The lowest BCUT2D eigenvalue weighted by Crippen LogP contribution is -2.45. The molecule has 1 aliphatic rings. The van der Waals surface area contributed by atoms with E-state index in [0.717, 1.165) is 32.0 Å². The van der Waals surface area contributed by atoms with Gasteiger partial charge in [0.05, 0.1) is 6.04 Å². The molecule has 3 rings (SSSR count). The van der Waals surface area contributed by atoms with Gasteiger partial charge in [-0.05, 0) is 5.56 Å². The highest BCUT2D eigenvalue weighted by molar-refractivity contribution is 5.25. The van der Waals surface area contributed by atoms with E-state index in [1.165, 1.54) is 5.56 Å². The Morgan fingerprint density at radius 2 is 1.89 bits per heavy atom. The summed E-state index contributed by atoms with van der Waals surface area (Å²) in [6.45, 7) is 4.20. The molecule has 0 radical (unpaired) electrons. The standard InChI is InChI=1S/C14H18N4/c1-2-4-12(5-3-1)13(14-16-6-7-17-14)18-10-8-15-9-11-18/h1-7,13,15H,8-11H2,(H,16,17). The Morgan fingerprint density at radius 3 is 2.56 bits per heavy atom. The van der Waals surface area contributed by atoms with Crippen molar-refractivity contribution >= 4 is 0 Å². The second-order valence-corrected chi connectivity index (χ2v) is 4.57. The van der Waals surface area contributed by atoms with Crippen molar-refractivity contribution < 1.29 is 0 Å². The molecule has 1 atom stereocenters. The second-order valence-electron chi connectivity index (χ2n) is 4.57. The van der Waals surface area contributed by atoms with E-state index in [4.69, 9.17) is 0 Å². The van der Waals surface area contributed by atoms with Gasteiger partial charge >= 0.3 is 0 Å². The van der Waals surface area contributed by atoms with Crippen molar-refractivity contribution in [2.24, 2.45) is 0 Å². The van der Waals surface area contributed by atoms with Crippen LogP contribution in [0.15, 0.2) is 42.7 Å². The molecule has 0 saturated carbocycles. The first kappa shape index (κ1) is 11.4. The largest absolute Gasteiger partial charge is 0.347 e. The summed E-state index contributed by atoms with van der Waals surface area (Å²) >= 11 is 0.